The molecule has 0 saturated heterocycles. The first-order valence-corrected chi connectivity index (χ1v) is 10.9. The van der Waals surface area contributed by atoms with Gasteiger partial charge >= 0.3 is 0 Å². The summed E-state index contributed by atoms with van der Waals surface area (Å²) in [6.45, 7) is 2.68. The van der Waals surface area contributed by atoms with Crippen molar-refractivity contribution >= 4 is 40.4 Å². The molecule has 33 heavy (non-hydrogen) atoms. The number of halogens is 5. The number of benzene rings is 1. The van der Waals surface area contributed by atoms with Gasteiger partial charge in [-0.05, 0) is 18.6 Å². The van der Waals surface area contributed by atoms with Crippen molar-refractivity contribution in [2.45, 2.75) is 32.3 Å². The van der Waals surface area contributed by atoms with Crippen LogP contribution in [0, 0.1) is 0 Å². The quantitative estimate of drug-likeness (QED) is 0.311. The molecular weight excluding hydrogens is 501 g/mol. The van der Waals surface area contributed by atoms with Crippen LogP contribution in [0.15, 0.2) is 35.1 Å². The largest absolute Gasteiger partial charge is 0.489 e. The van der Waals surface area contributed by atoms with Crippen LogP contribution in [0.5, 0.6) is 5.75 Å². The Hall–Kier alpha value is -2.46. The highest BCUT2D eigenvalue weighted by Gasteiger charge is 2.26. The van der Waals surface area contributed by atoms with Crippen molar-refractivity contribution in [1.82, 2.24) is 19.5 Å². The first kappa shape index (κ1) is 23.7. The molecule has 7 nitrogen and oxygen atoms in total. The van der Waals surface area contributed by atoms with Crippen molar-refractivity contribution in [1.29, 1.82) is 0 Å². The third-order valence-corrected chi connectivity index (χ3v) is 5.71. The maximum atomic E-state index is 13.7. The van der Waals surface area contributed by atoms with E-state index in [1.807, 2.05) is 6.92 Å². The fourth-order valence-corrected chi connectivity index (χ4v) is 3.67. The number of nitrogens with zero attached hydrogens (tertiary/aromatic N) is 4. The highest BCUT2D eigenvalue weighted by Crippen LogP contribution is 2.37. The number of alkyl halides is 2. The van der Waals surface area contributed by atoms with Gasteiger partial charge in [-0.3, -0.25) is 0 Å². The molecule has 0 aliphatic rings. The van der Waals surface area contributed by atoms with E-state index in [0.717, 1.165) is 13.0 Å². The molecule has 0 aliphatic carbocycles. The number of hydrogen-bond donors (Lipinski definition) is 1. The normalized spacial score (nSPS) is 13.0. The van der Waals surface area contributed by atoms with Crippen LogP contribution < -0.4 is 4.74 Å². The minimum absolute atomic E-state index is 0.0353. The third kappa shape index (κ3) is 4.91. The molecule has 3 aromatic heterocycles. The maximum absolute atomic E-state index is 13.7. The molecule has 0 fully saturated rings. The Kier molecular flexibility index (Phi) is 6.50. The van der Waals surface area contributed by atoms with E-state index >= 15 is 0 Å². The zero-order chi connectivity index (χ0) is 23.9. The van der Waals surface area contributed by atoms with Gasteiger partial charge in [0, 0.05) is 36.5 Å². The van der Waals surface area contributed by atoms with Gasteiger partial charge in [-0.25, -0.2) is 13.8 Å². The van der Waals surface area contributed by atoms with Crippen molar-refractivity contribution in [2.24, 2.45) is 0 Å². The second-order valence-corrected chi connectivity index (χ2v) is 8.60. The SMILES string of the molecule is CCC(O)COc1cc(Cl)c(-c2noc(-c3cn4cc(C(C)(F)F)cc(Cl)c4n3)n2)cc1Cl. The predicted molar refractivity (Wildman–Crippen MR) is 120 cm³/mol. The van der Waals surface area contributed by atoms with Gasteiger partial charge in [-0.2, -0.15) is 4.98 Å². The molecule has 1 atom stereocenters. The second kappa shape index (κ2) is 9.06. The first-order chi connectivity index (χ1) is 15.6. The Bertz CT molecular complexity index is 1320. The molecule has 0 radical (unpaired) electrons. The monoisotopic (exact) mass is 516 g/mol. The molecule has 0 amide bonds. The minimum atomic E-state index is -3.07. The minimum Gasteiger partial charge on any atom is -0.489 e. The molecule has 0 aliphatic heterocycles. The number of ether oxygens (including phenoxy) is 1. The zero-order valence-electron chi connectivity index (χ0n) is 17.3. The fourth-order valence-electron chi connectivity index (χ4n) is 2.95. The summed E-state index contributed by atoms with van der Waals surface area (Å²) < 4.78 is 39.6. The number of fused-ring (bicyclic) bond motifs is 1. The summed E-state index contributed by atoms with van der Waals surface area (Å²) in [5.74, 6) is -2.59. The van der Waals surface area contributed by atoms with Crippen LogP contribution in [0.2, 0.25) is 15.1 Å². The molecule has 1 aromatic carbocycles. The van der Waals surface area contributed by atoms with E-state index in [1.54, 1.807) is 0 Å². The summed E-state index contributed by atoms with van der Waals surface area (Å²) in [4.78, 5) is 8.60. The smallest absolute Gasteiger partial charge is 0.278 e. The molecular formula is C21H17Cl3F2N4O3. The number of rotatable bonds is 7. The Morgan fingerprint density at radius 3 is 2.58 bits per heavy atom. The standard InChI is InChI=1S/C21H17Cl3F2N4O3/c1-3-11(31)9-32-17-6-13(22)12(5-14(17)23)18-28-20(33-29-18)16-8-30-7-10(21(2,25)26)4-15(24)19(30)27-16/h4-8,11,31H,3,9H2,1-2H3. The van der Waals surface area contributed by atoms with E-state index in [0.29, 0.717) is 17.7 Å². The lowest BCUT2D eigenvalue weighted by molar-refractivity contribution is 0.0170. The summed E-state index contributed by atoms with van der Waals surface area (Å²) >= 11 is 18.8. The Morgan fingerprint density at radius 2 is 1.88 bits per heavy atom. The highest BCUT2D eigenvalue weighted by molar-refractivity contribution is 6.36. The zero-order valence-corrected chi connectivity index (χ0v) is 19.6. The van der Waals surface area contributed by atoms with Gasteiger partial charge in [0.05, 0.1) is 21.2 Å². The van der Waals surface area contributed by atoms with Crippen LogP contribution in [0.4, 0.5) is 8.78 Å². The second-order valence-electron chi connectivity index (χ2n) is 7.38. The number of hydrogen-bond acceptors (Lipinski definition) is 6. The first-order valence-electron chi connectivity index (χ1n) is 9.77. The topological polar surface area (TPSA) is 85.7 Å². The molecule has 4 aromatic rings. The molecule has 1 unspecified atom stereocenters. The molecule has 174 valence electrons. The molecule has 12 heteroatoms. The molecule has 0 bridgehead atoms. The summed E-state index contributed by atoms with van der Waals surface area (Å²) in [5, 5.41) is 14.1. The van der Waals surface area contributed by atoms with E-state index in [9.17, 15) is 13.9 Å². The van der Waals surface area contributed by atoms with E-state index in [4.69, 9.17) is 44.1 Å². The predicted octanol–water partition coefficient (Wildman–Crippen LogP) is 6.27. The van der Waals surface area contributed by atoms with Crippen molar-refractivity contribution in [2.75, 3.05) is 6.61 Å². The van der Waals surface area contributed by atoms with Gasteiger partial charge in [-0.1, -0.05) is 46.9 Å². The lowest BCUT2D eigenvalue weighted by Crippen LogP contribution is -2.16. The van der Waals surface area contributed by atoms with Crippen molar-refractivity contribution in [3.63, 3.8) is 0 Å². The van der Waals surface area contributed by atoms with Crippen molar-refractivity contribution < 1.29 is 23.1 Å². The summed E-state index contributed by atoms with van der Waals surface area (Å²) in [5.41, 5.74) is 0.624. The van der Waals surface area contributed by atoms with Crippen LogP contribution in [-0.2, 0) is 5.92 Å². The van der Waals surface area contributed by atoms with E-state index in [-0.39, 0.29) is 50.3 Å². The van der Waals surface area contributed by atoms with Gasteiger partial charge in [0.2, 0.25) is 5.82 Å². The van der Waals surface area contributed by atoms with E-state index < -0.39 is 12.0 Å². The van der Waals surface area contributed by atoms with Crippen LogP contribution in [0.3, 0.4) is 0 Å². The van der Waals surface area contributed by atoms with E-state index in [1.165, 1.54) is 28.9 Å². The molecule has 0 spiro atoms. The third-order valence-electron chi connectivity index (χ3n) is 4.82. The highest BCUT2D eigenvalue weighted by atomic mass is 35.5. The molecule has 0 saturated carbocycles. The summed E-state index contributed by atoms with van der Waals surface area (Å²) in [7, 11) is 0. The number of imidazole rings is 1. The van der Waals surface area contributed by atoms with Crippen molar-refractivity contribution in [3.8, 4) is 28.7 Å². The van der Waals surface area contributed by atoms with Gasteiger partial charge in [-0.15, -0.1) is 0 Å². The number of pyridine rings is 1. The van der Waals surface area contributed by atoms with Gasteiger partial charge in [0.1, 0.15) is 18.1 Å². The molecule has 3 heterocycles. The van der Waals surface area contributed by atoms with Gasteiger partial charge < -0.3 is 18.8 Å². The Morgan fingerprint density at radius 1 is 1.12 bits per heavy atom. The van der Waals surface area contributed by atoms with Crippen LogP contribution in [-0.4, -0.2) is 37.3 Å². The fraction of sp³-hybridized carbons (Fsp3) is 0.286. The molecule has 4 rings (SSSR count). The number of aliphatic hydroxyl groups excluding tert-OH is 1. The lowest BCUT2D eigenvalue weighted by Gasteiger charge is -2.12. The average molecular weight is 518 g/mol. The van der Waals surface area contributed by atoms with Gasteiger partial charge in [0.25, 0.3) is 11.8 Å². The molecule has 1 N–H and O–H groups in total. The average Bonchev–Trinajstić information content (AvgIpc) is 3.40. The van der Waals surface area contributed by atoms with Crippen LogP contribution in [0.1, 0.15) is 25.8 Å². The van der Waals surface area contributed by atoms with E-state index in [2.05, 4.69) is 15.1 Å². The Balaban J connectivity index is 1.65. The van der Waals surface area contributed by atoms with Crippen molar-refractivity contribution in [3.05, 3.63) is 51.2 Å². The Labute approximate surface area is 201 Å². The lowest BCUT2D eigenvalue weighted by atomic mass is 10.2. The summed E-state index contributed by atoms with van der Waals surface area (Å²) in [6, 6.07) is 4.18. The number of aromatic nitrogens is 4. The number of aliphatic hydroxyl groups is 1. The summed E-state index contributed by atoms with van der Waals surface area (Å²) in [6.07, 6.45) is 2.60. The van der Waals surface area contributed by atoms with Crippen LogP contribution in [0.25, 0.3) is 28.6 Å². The van der Waals surface area contributed by atoms with Gasteiger partial charge in [0.15, 0.2) is 5.65 Å². The van der Waals surface area contributed by atoms with Crippen LogP contribution >= 0.6 is 34.8 Å². The maximum Gasteiger partial charge on any atom is 0.278 e.